The van der Waals surface area contributed by atoms with Crippen molar-refractivity contribution < 1.29 is 49.9 Å². The second kappa shape index (κ2) is 6.75. The van der Waals surface area contributed by atoms with E-state index < -0.39 is 78.6 Å². The van der Waals surface area contributed by atoms with Crippen LogP contribution >= 0.6 is 11.6 Å². The lowest BCUT2D eigenvalue weighted by molar-refractivity contribution is -0.431. The summed E-state index contributed by atoms with van der Waals surface area (Å²) in [4.78, 5) is 10.3. The van der Waals surface area contributed by atoms with E-state index in [1.54, 1.807) is 0 Å². The number of rotatable bonds is 3. The highest BCUT2D eigenvalue weighted by molar-refractivity contribution is 6.22. The molecule has 4 bridgehead atoms. The van der Waals surface area contributed by atoms with Gasteiger partial charge in [0, 0.05) is 12.3 Å². The van der Waals surface area contributed by atoms with Crippen LogP contribution in [-0.4, -0.2) is 97.4 Å². The molecule has 0 unspecified atom stereocenters. The van der Waals surface area contributed by atoms with Crippen LogP contribution in [0.5, 0.6) is 0 Å². The van der Waals surface area contributed by atoms with Gasteiger partial charge < -0.3 is 40.1 Å². The van der Waals surface area contributed by atoms with Gasteiger partial charge in [0.2, 0.25) is 5.79 Å². The molecule has 6 N–H and O–H groups in total. The van der Waals surface area contributed by atoms with Gasteiger partial charge in [0.15, 0.2) is 6.29 Å². The van der Waals surface area contributed by atoms with E-state index in [4.69, 9.17) is 30.8 Å². The van der Waals surface area contributed by atoms with E-state index in [1.807, 2.05) is 0 Å². The first-order valence-corrected chi connectivity index (χ1v) is 9.06. The summed E-state index contributed by atoms with van der Waals surface area (Å²) in [6.45, 7) is -0.581. The van der Waals surface area contributed by atoms with Crippen molar-refractivity contribution in [2.45, 2.75) is 73.0 Å². The number of halogens is 1. The molecule has 0 aromatic rings. The number of ether oxygens (including phenoxy) is 2. The number of fused-ring (bicyclic) bond motifs is 2. The molecule has 0 aromatic heterocycles. The molecule has 5 rings (SSSR count). The van der Waals surface area contributed by atoms with E-state index in [-0.39, 0.29) is 6.42 Å². The van der Waals surface area contributed by atoms with Crippen molar-refractivity contribution in [2.24, 2.45) is 11.8 Å². The maximum atomic E-state index is 10.8. The van der Waals surface area contributed by atoms with Gasteiger partial charge in [-0.3, -0.25) is 0 Å². The number of aliphatic hydroxyl groups is 6. The van der Waals surface area contributed by atoms with Crippen LogP contribution in [-0.2, 0) is 19.2 Å². The number of hydrogen-bond acceptors (Lipinski definition) is 10. The van der Waals surface area contributed by atoms with Gasteiger partial charge in [-0.25, -0.2) is 4.89 Å². The Morgan fingerprint density at radius 3 is 2.46 bits per heavy atom. The first-order valence-electron chi connectivity index (χ1n) is 8.63. The van der Waals surface area contributed by atoms with Crippen molar-refractivity contribution in [1.82, 2.24) is 0 Å². The summed E-state index contributed by atoms with van der Waals surface area (Å²) in [5, 5.41) is 59.3. The smallest absolute Gasteiger partial charge is 0.223 e. The van der Waals surface area contributed by atoms with E-state index in [0.717, 1.165) is 0 Å². The minimum absolute atomic E-state index is 0.287. The fourth-order valence-corrected chi connectivity index (χ4v) is 4.98. The van der Waals surface area contributed by atoms with E-state index in [9.17, 15) is 30.6 Å². The van der Waals surface area contributed by atoms with Gasteiger partial charge in [-0.2, -0.15) is 4.89 Å². The molecule has 12 atom stereocenters. The lowest BCUT2D eigenvalue weighted by Gasteiger charge is -2.44. The molecular formula is C15H23ClO10. The second-order valence-corrected chi connectivity index (χ2v) is 7.95. The topological polar surface area (TPSA) is 158 Å². The predicted octanol–water partition coefficient (Wildman–Crippen LogP) is -2.80. The Hall–Kier alpha value is -0.110. The minimum Gasteiger partial charge on any atom is -0.394 e. The maximum Gasteiger partial charge on any atom is 0.223 e. The van der Waals surface area contributed by atoms with Crippen molar-refractivity contribution in [3.63, 3.8) is 0 Å². The van der Waals surface area contributed by atoms with Crippen molar-refractivity contribution in [3.8, 4) is 0 Å². The molecule has 3 heterocycles. The SMILES string of the molecule is OC[C@H]1O[C@@H](O[C@@H]2C[C@@H]3C[C@H]4[C@H](O)[C@@H](Cl)[C@](O)(OO3)[C@@H]42)[C@H](O)[C@@H](O)[C@@H]1O. The van der Waals surface area contributed by atoms with Gasteiger partial charge in [-0.15, -0.1) is 11.6 Å². The zero-order valence-electron chi connectivity index (χ0n) is 13.7. The first kappa shape index (κ1) is 19.2. The summed E-state index contributed by atoms with van der Waals surface area (Å²) in [6.07, 6.45) is -8.65. The van der Waals surface area contributed by atoms with Crippen LogP contribution in [0.1, 0.15) is 12.8 Å². The summed E-state index contributed by atoms with van der Waals surface area (Å²) in [6, 6.07) is 0. The minimum atomic E-state index is -1.98. The Morgan fingerprint density at radius 1 is 1.04 bits per heavy atom. The molecular weight excluding hydrogens is 376 g/mol. The lowest BCUT2D eigenvalue weighted by atomic mass is 9.76. The molecule has 0 aromatic carbocycles. The molecule has 2 aliphatic carbocycles. The molecule has 0 amide bonds. The average Bonchev–Trinajstić information content (AvgIpc) is 2.77. The van der Waals surface area contributed by atoms with Crippen LogP contribution in [0.3, 0.4) is 0 Å². The quantitative estimate of drug-likeness (QED) is 0.216. The van der Waals surface area contributed by atoms with Gasteiger partial charge in [-0.05, 0) is 12.3 Å². The fraction of sp³-hybridized carbons (Fsp3) is 1.00. The van der Waals surface area contributed by atoms with Crippen LogP contribution in [0.2, 0.25) is 0 Å². The summed E-state index contributed by atoms with van der Waals surface area (Å²) in [7, 11) is 0. The van der Waals surface area contributed by atoms with Crippen LogP contribution in [0.4, 0.5) is 0 Å². The summed E-state index contributed by atoms with van der Waals surface area (Å²) >= 11 is 6.15. The Kier molecular flexibility index (Phi) is 4.99. The Labute approximate surface area is 153 Å². The molecule has 5 aliphatic rings. The van der Waals surface area contributed by atoms with Crippen LogP contribution in [0.25, 0.3) is 0 Å². The molecule has 3 aliphatic heterocycles. The highest BCUT2D eigenvalue weighted by Gasteiger charge is 2.68. The number of alkyl halides is 1. The van der Waals surface area contributed by atoms with Crippen molar-refractivity contribution in [2.75, 3.05) is 6.61 Å². The second-order valence-electron chi connectivity index (χ2n) is 7.48. The highest BCUT2D eigenvalue weighted by atomic mass is 35.5. The average molecular weight is 399 g/mol. The molecule has 150 valence electrons. The van der Waals surface area contributed by atoms with E-state index in [1.165, 1.54) is 0 Å². The molecule has 26 heavy (non-hydrogen) atoms. The lowest BCUT2D eigenvalue weighted by Crippen LogP contribution is -2.61. The normalized spacial score (nSPS) is 59.4. The highest BCUT2D eigenvalue weighted by Crippen LogP contribution is 2.55. The zero-order chi connectivity index (χ0) is 18.8. The Bertz CT molecular complexity index is 537. The third-order valence-corrected chi connectivity index (χ3v) is 6.55. The molecule has 0 radical (unpaired) electrons. The van der Waals surface area contributed by atoms with E-state index in [2.05, 4.69) is 0 Å². The Balaban J connectivity index is 1.57. The molecule has 5 fully saturated rings. The maximum absolute atomic E-state index is 10.8. The van der Waals surface area contributed by atoms with Crippen LogP contribution in [0.15, 0.2) is 0 Å². The van der Waals surface area contributed by atoms with Gasteiger partial charge in [0.05, 0.1) is 24.9 Å². The van der Waals surface area contributed by atoms with Crippen molar-refractivity contribution in [3.05, 3.63) is 0 Å². The molecule has 2 saturated carbocycles. The molecule has 11 heteroatoms. The van der Waals surface area contributed by atoms with Crippen LogP contribution < -0.4 is 0 Å². The standard InChI is InChI=1S/C15H23ClO10/c16-13-9(18)5-1-4-2-6(8(5)15(13,22)26-25-4)23-14-12(21)11(20)10(19)7(3-17)24-14/h4-14,17-22H,1-3H2/t4-,5+,6+,7+,8-,9-,10+,11-,12+,13+,14+,15+/m0/s1. The molecule has 10 nitrogen and oxygen atoms in total. The van der Waals surface area contributed by atoms with Gasteiger partial charge in [-0.1, -0.05) is 0 Å². The molecule has 0 spiro atoms. The van der Waals surface area contributed by atoms with Crippen molar-refractivity contribution in [1.29, 1.82) is 0 Å². The summed E-state index contributed by atoms with van der Waals surface area (Å²) in [5.41, 5.74) is 0. The summed E-state index contributed by atoms with van der Waals surface area (Å²) < 4.78 is 11.2. The summed E-state index contributed by atoms with van der Waals surface area (Å²) in [5.74, 6) is -3.17. The van der Waals surface area contributed by atoms with Gasteiger partial charge in [0.25, 0.3) is 0 Å². The number of aliphatic hydroxyl groups excluding tert-OH is 5. The third kappa shape index (κ3) is 2.72. The first-order chi connectivity index (χ1) is 12.3. The predicted molar refractivity (Wildman–Crippen MR) is 81.4 cm³/mol. The number of hydrogen-bond donors (Lipinski definition) is 6. The zero-order valence-corrected chi connectivity index (χ0v) is 14.4. The monoisotopic (exact) mass is 398 g/mol. The Morgan fingerprint density at radius 2 is 1.77 bits per heavy atom. The van der Waals surface area contributed by atoms with Crippen molar-refractivity contribution >= 4 is 11.6 Å². The van der Waals surface area contributed by atoms with Crippen LogP contribution in [0, 0.1) is 11.8 Å². The fourth-order valence-electron chi connectivity index (χ4n) is 4.62. The van der Waals surface area contributed by atoms with E-state index >= 15 is 0 Å². The molecule has 3 saturated heterocycles. The van der Waals surface area contributed by atoms with E-state index in [0.29, 0.717) is 6.42 Å². The van der Waals surface area contributed by atoms with Gasteiger partial charge in [0.1, 0.15) is 29.8 Å². The van der Waals surface area contributed by atoms with Gasteiger partial charge >= 0.3 is 0 Å². The largest absolute Gasteiger partial charge is 0.394 e. The third-order valence-electron chi connectivity index (χ3n) is 5.98.